The minimum absolute atomic E-state index is 0.102. The molecule has 1 aromatic heterocycles. The molecule has 4 heteroatoms. The van der Waals surface area contributed by atoms with Gasteiger partial charge >= 0.3 is 0 Å². The van der Waals surface area contributed by atoms with E-state index in [1.165, 1.54) is 22.2 Å². The number of fused-ring (bicyclic) bond motifs is 4. The molecule has 3 atom stereocenters. The number of hydrogen-bond acceptors (Lipinski definition) is 3. The highest BCUT2D eigenvalue weighted by atomic mass is 16.3. The van der Waals surface area contributed by atoms with Crippen molar-refractivity contribution in [1.82, 2.24) is 9.88 Å². The van der Waals surface area contributed by atoms with Crippen LogP contribution in [0, 0.1) is 0 Å². The Morgan fingerprint density at radius 2 is 2.00 bits per heavy atom. The zero-order chi connectivity index (χ0) is 18.4. The van der Waals surface area contributed by atoms with Crippen molar-refractivity contribution >= 4 is 10.9 Å². The van der Waals surface area contributed by atoms with Gasteiger partial charge in [-0.2, -0.15) is 0 Å². The molecule has 2 aliphatic carbocycles. The fourth-order valence-electron chi connectivity index (χ4n) is 6.32. The summed E-state index contributed by atoms with van der Waals surface area (Å²) in [5, 5.41) is 23.7. The predicted octanol–water partition coefficient (Wildman–Crippen LogP) is 2.90. The number of piperidine rings is 1. The van der Waals surface area contributed by atoms with Crippen LogP contribution in [-0.2, 0) is 24.7 Å². The van der Waals surface area contributed by atoms with Gasteiger partial charge in [0.15, 0.2) is 0 Å². The van der Waals surface area contributed by atoms with Crippen LogP contribution in [0.5, 0.6) is 5.75 Å². The number of likely N-dealkylation sites (tertiary alicyclic amines) is 1. The van der Waals surface area contributed by atoms with E-state index in [1.54, 1.807) is 6.07 Å². The number of aromatic amines is 1. The number of benzene rings is 2. The summed E-state index contributed by atoms with van der Waals surface area (Å²) in [6, 6.07) is 14.3. The largest absolute Gasteiger partial charge is 0.508 e. The van der Waals surface area contributed by atoms with Gasteiger partial charge in [0.05, 0.1) is 5.60 Å². The number of aromatic nitrogens is 1. The first-order valence-electron chi connectivity index (χ1n) is 9.85. The van der Waals surface area contributed by atoms with Crippen molar-refractivity contribution in [2.24, 2.45) is 0 Å². The van der Waals surface area contributed by atoms with Crippen molar-refractivity contribution < 1.29 is 10.2 Å². The summed E-state index contributed by atoms with van der Waals surface area (Å²) in [5.41, 5.74) is 4.93. The Bertz CT molecular complexity index is 1090. The number of aliphatic hydroxyl groups is 1. The fourth-order valence-corrected chi connectivity index (χ4v) is 6.32. The number of H-pyrrole nitrogens is 1. The number of para-hydroxylation sites is 1. The van der Waals surface area contributed by atoms with E-state index in [9.17, 15) is 10.2 Å². The molecule has 0 saturated carbocycles. The van der Waals surface area contributed by atoms with Crippen molar-refractivity contribution in [3.63, 3.8) is 0 Å². The van der Waals surface area contributed by atoms with Crippen molar-refractivity contribution in [3.05, 3.63) is 64.8 Å². The molecular weight excluding hydrogens is 336 g/mol. The normalized spacial score (nSPS) is 32.0. The van der Waals surface area contributed by atoms with Crippen LogP contribution >= 0.6 is 0 Å². The van der Waals surface area contributed by atoms with Crippen molar-refractivity contribution in [2.45, 2.75) is 42.7 Å². The molecule has 2 heterocycles. The van der Waals surface area contributed by atoms with Crippen LogP contribution in [0.25, 0.3) is 10.9 Å². The lowest BCUT2D eigenvalue weighted by Gasteiger charge is -2.63. The first-order chi connectivity index (χ1) is 13.0. The number of likely N-dealkylation sites (N-methyl/N-ethyl adjacent to an activating group) is 1. The lowest BCUT2D eigenvalue weighted by atomic mass is 9.49. The molecular formula is C23H24N2O2. The molecule has 3 N–H and O–H groups in total. The van der Waals surface area contributed by atoms with E-state index in [1.807, 2.05) is 6.07 Å². The van der Waals surface area contributed by atoms with E-state index >= 15 is 0 Å². The van der Waals surface area contributed by atoms with E-state index in [0.717, 1.165) is 36.9 Å². The Hall–Kier alpha value is -2.30. The van der Waals surface area contributed by atoms with Crippen molar-refractivity contribution in [3.8, 4) is 5.75 Å². The van der Waals surface area contributed by atoms with E-state index in [0.29, 0.717) is 12.2 Å². The summed E-state index contributed by atoms with van der Waals surface area (Å²) >= 11 is 0. The summed E-state index contributed by atoms with van der Waals surface area (Å²) < 4.78 is 0. The number of aromatic hydroxyl groups is 1. The van der Waals surface area contributed by atoms with Crippen molar-refractivity contribution in [2.75, 3.05) is 13.6 Å². The summed E-state index contributed by atoms with van der Waals surface area (Å²) in [7, 11) is 2.14. The molecule has 0 spiro atoms. The van der Waals surface area contributed by atoms with Gasteiger partial charge < -0.3 is 20.1 Å². The Balaban J connectivity index is 1.65. The Kier molecular flexibility index (Phi) is 2.88. The van der Waals surface area contributed by atoms with Crippen LogP contribution in [0.1, 0.15) is 28.8 Å². The van der Waals surface area contributed by atoms with Crippen LogP contribution in [0.4, 0.5) is 0 Å². The molecule has 1 aliphatic heterocycles. The van der Waals surface area contributed by atoms with Crippen molar-refractivity contribution in [1.29, 1.82) is 0 Å². The molecule has 2 aromatic carbocycles. The molecule has 27 heavy (non-hydrogen) atoms. The Labute approximate surface area is 158 Å². The highest BCUT2D eigenvalue weighted by Crippen LogP contribution is 2.57. The average molecular weight is 360 g/mol. The van der Waals surface area contributed by atoms with Crippen LogP contribution in [0.15, 0.2) is 42.5 Å². The number of rotatable bonds is 0. The summed E-state index contributed by atoms with van der Waals surface area (Å²) in [4.78, 5) is 5.97. The van der Waals surface area contributed by atoms with Gasteiger partial charge in [-0.1, -0.05) is 24.3 Å². The Morgan fingerprint density at radius 1 is 1.15 bits per heavy atom. The van der Waals surface area contributed by atoms with Gasteiger partial charge in [-0.15, -0.1) is 0 Å². The quantitative estimate of drug-likeness (QED) is 0.578. The SMILES string of the molecule is CN1CC[C@]23Cc4[nH]c5ccccc5c4C[C@@]2(O)C1Cc1ccc(O)cc13. The Morgan fingerprint density at radius 3 is 2.89 bits per heavy atom. The number of hydrogen-bond donors (Lipinski definition) is 3. The fraction of sp³-hybridized carbons (Fsp3) is 0.391. The maximum absolute atomic E-state index is 12.3. The number of phenols is 1. The number of phenolic OH excluding ortho intramolecular Hbond substituents is 1. The van der Waals surface area contributed by atoms with E-state index in [-0.39, 0.29) is 11.5 Å². The third-order valence-electron chi connectivity index (χ3n) is 7.65. The summed E-state index contributed by atoms with van der Waals surface area (Å²) in [5.74, 6) is 0.297. The second-order valence-corrected chi connectivity index (χ2v) is 8.78. The van der Waals surface area contributed by atoms with Crippen LogP contribution < -0.4 is 0 Å². The first kappa shape index (κ1) is 15.7. The predicted molar refractivity (Wildman–Crippen MR) is 105 cm³/mol. The highest BCUT2D eigenvalue weighted by molar-refractivity contribution is 5.85. The maximum Gasteiger partial charge on any atom is 0.115 e. The molecule has 3 aliphatic rings. The third-order valence-corrected chi connectivity index (χ3v) is 7.65. The lowest BCUT2D eigenvalue weighted by molar-refractivity contribution is -0.144. The first-order valence-corrected chi connectivity index (χ1v) is 9.85. The van der Waals surface area contributed by atoms with E-state index in [4.69, 9.17) is 0 Å². The van der Waals surface area contributed by atoms with E-state index in [2.05, 4.69) is 47.3 Å². The van der Waals surface area contributed by atoms with Crippen LogP contribution in [0.3, 0.4) is 0 Å². The third kappa shape index (κ3) is 1.80. The van der Waals surface area contributed by atoms with Gasteiger partial charge in [0.2, 0.25) is 0 Å². The van der Waals surface area contributed by atoms with E-state index < -0.39 is 5.60 Å². The molecule has 1 fully saturated rings. The molecule has 4 nitrogen and oxygen atoms in total. The molecule has 6 rings (SSSR count). The monoisotopic (exact) mass is 360 g/mol. The molecule has 2 bridgehead atoms. The summed E-state index contributed by atoms with van der Waals surface area (Å²) in [6.45, 7) is 0.970. The minimum Gasteiger partial charge on any atom is -0.508 e. The molecule has 3 aromatic rings. The van der Waals surface area contributed by atoms with Gasteiger partial charge in [-0.25, -0.2) is 0 Å². The topological polar surface area (TPSA) is 59.5 Å². The molecule has 0 amide bonds. The second kappa shape index (κ2) is 4.94. The molecule has 1 unspecified atom stereocenters. The van der Waals surface area contributed by atoms with Crippen LogP contribution in [0.2, 0.25) is 0 Å². The minimum atomic E-state index is -0.821. The molecule has 138 valence electrons. The van der Waals surface area contributed by atoms with Gasteiger partial charge in [0.25, 0.3) is 0 Å². The lowest BCUT2D eigenvalue weighted by Crippen LogP contribution is -2.73. The van der Waals surface area contributed by atoms with Gasteiger partial charge in [-0.3, -0.25) is 0 Å². The number of nitrogens with zero attached hydrogens (tertiary/aromatic N) is 1. The van der Waals surface area contributed by atoms with Gasteiger partial charge in [0.1, 0.15) is 5.75 Å². The smallest absolute Gasteiger partial charge is 0.115 e. The number of nitrogens with one attached hydrogen (secondary N) is 1. The molecule has 1 saturated heterocycles. The highest BCUT2D eigenvalue weighted by Gasteiger charge is 2.64. The second-order valence-electron chi connectivity index (χ2n) is 8.78. The van der Waals surface area contributed by atoms with Gasteiger partial charge in [0, 0.05) is 40.9 Å². The zero-order valence-corrected chi connectivity index (χ0v) is 15.5. The van der Waals surface area contributed by atoms with Crippen LogP contribution in [-0.4, -0.2) is 45.3 Å². The average Bonchev–Trinajstić information content (AvgIpc) is 3.00. The summed E-state index contributed by atoms with van der Waals surface area (Å²) in [6.07, 6.45) is 3.20. The van der Waals surface area contributed by atoms with Gasteiger partial charge in [-0.05, 0) is 61.3 Å². The zero-order valence-electron chi connectivity index (χ0n) is 15.5. The standard InChI is InChI=1S/C23H24N2O2/c1-25-9-8-22-13-20-17(16-4-2-3-5-19(16)24-20)12-23(22,27)21(25)10-14-6-7-15(26)11-18(14)22/h2-7,11,21,24,26-27H,8-10,12-13H2,1H3/t21?,22-,23-/m1/s1. The molecule has 0 radical (unpaired) electrons. The maximum atomic E-state index is 12.3.